The van der Waals surface area contributed by atoms with E-state index in [0.717, 1.165) is 76.0 Å². The highest BCUT2D eigenvalue weighted by Crippen LogP contribution is 2.44. The molecule has 4 fully saturated rings. The van der Waals surface area contributed by atoms with Gasteiger partial charge in [0.25, 0.3) is 0 Å². The van der Waals surface area contributed by atoms with Crippen molar-refractivity contribution in [3.63, 3.8) is 0 Å². The number of likely N-dealkylation sites (tertiary alicyclic amines) is 1. The van der Waals surface area contributed by atoms with Gasteiger partial charge < -0.3 is 14.3 Å². The Morgan fingerprint density at radius 2 is 2.00 bits per heavy atom. The van der Waals surface area contributed by atoms with Gasteiger partial charge in [0.2, 0.25) is 5.91 Å². The SMILES string of the molecule is Cc1cc(CN2CCC3(CC2)N(CC2CC2)C(=O)[C@H]2CN(C)CCN23)no1. The van der Waals surface area contributed by atoms with Crippen LogP contribution in [0.1, 0.15) is 37.1 Å². The Kier molecular flexibility index (Phi) is 4.29. The second-order valence-electron chi connectivity index (χ2n) is 9.05. The van der Waals surface area contributed by atoms with Crippen LogP contribution in [0.4, 0.5) is 0 Å². The van der Waals surface area contributed by atoms with Crippen molar-refractivity contribution in [2.75, 3.05) is 46.3 Å². The Bertz CT molecular complexity index is 707. The molecule has 1 atom stereocenters. The van der Waals surface area contributed by atoms with E-state index in [1.165, 1.54) is 12.8 Å². The number of aryl methyl sites for hydroxylation is 1. The molecule has 1 aromatic rings. The lowest BCUT2D eigenvalue weighted by Gasteiger charge is -2.50. The van der Waals surface area contributed by atoms with Crippen molar-refractivity contribution in [3.8, 4) is 0 Å². The predicted octanol–water partition coefficient (Wildman–Crippen LogP) is 1.14. The Balaban J connectivity index is 1.33. The average molecular weight is 374 g/mol. The second-order valence-corrected chi connectivity index (χ2v) is 9.05. The summed E-state index contributed by atoms with van der Waals surface area (Å²) in [4.78, 5) is 23.0. The molecule has 3 saturated heterocycles. The minimum Gasteiger partial charge on any atom is -0.361 e. The fourth-order valence-corrected chi connectivity index (χ4v) is 5.34. The monoisotopic (exact) mass is 373 g/mol. The zero-order valence-corrected chi connectivity index (χ0v) is 16.6. The molecule has 1 aromatic heterocycles. The number of piperidine rings is 1. The third kappa shape index (κ3) is 3.09. The van der Waals surface area contributed by atoms with Crippen LogP contribution in [0.2, 0.25) is 0 Å². The molecule has 148 valence electrons. The molecule has 1 amide bonds. The summed E-state index contributed by atoms with van der Waals surface area (Å²) in [7, 11) is 2.14. The molecule has 7 nitrogen and oxygen atoms in total. The highest BCUT2D eigenvalue weighted by atomic mass is 16.5. The van der Waals surface area contributed by atoms with E-state index in [9.17, 15) is 4.79 Å². The van der Waals surface area contributed by atoms with Gasteiger partial charge in [0.05, 0.1) is 11.4 Å². The number of carbonyl (C=O) groups is 1. The molecule has 0 radical (unpaired) electrons. The molecule has 0 aromatic carbocycles. The molecule has 4 heterocycles. The van der Waals surface area contributed by atoms with E-state index >= 15 is 0 Å². The number of carbonyl (C=O) groups excluding carboxylic acids is 1. The molecular formula is C20H31N5O2. The van der Waals surface area contributed by atoms with E-state index in [4.69, 9.17) is 4.52 Å². The summed E-state index contributed by atoms with van der Waals surface area (Å²) in [5.74, 6) is 1.99. The normalized spacial score (nSPS) is 29.6. The third-order valence-electron chi connectivity index (χ3n) is 7.03. The van der Waals surface area contributed by atoms with Crippen LogP contribution < -0.4 is 0 Å². The molecule has 1 saturated carbocycles. The quantitative estimate of drug-likeness (QED) is 0.789. The van der Waals surface area contributed by atoms with E-state index in [1.54, 1.807) is 0 Å². The van der Waals surface area contributed by atoms with Gasteiger partial charge in [-0.3, -0.25) is 14.6 Å². The Labute approximate surface area is 161 Å². The van der Waals surface area contributed by atoms with Gasteiger partial charge in [0.1, 0.15) is 11.8 Å². The van der Waals surface area contributed by atoms with Crippen LogP contribution in [0, 0.1) is 12.8 Å². The summed E-state index contributed by atoms with van der Waals surface area (Å²) < 4.78 is 5.22. The Morgan fingerprint density at radius 3 is 2.67 bits per heavy atom. The molecular weight excluding hydrogens is 342 g/mol. The van der Waals surface area contributed by atoms with Gasteiger partial charge in [-0.25, -0.2) is 0 Å². The van der Waals surface area contributed by atoms with Crippen LogP contribution in [-0.4, -0.2) is 88.7 Å². The highest BCUT2D eigenvalue weighted by molar-refractivity contribution is 5.85. The average Bonchev–Trinajstić information content (AvgIpc) is 3.36. The van der Waals surface area contributed by atoms with Gasteiger partial charge >= 0.3 is 0 Å². The number of amides is 1. The topological polar surface area (TPSA) is 56.1 Å². The van der Waals surface area contributed by atoms with Crippen molar-refractivity contribution in [2.45, 2.75) is 50.9 Å². The van der Waals surface area contributed by atoms with Crippen LogP contribution in [0.5, 0.6) is 0 Å². The number of rotatable bonds is 4. The molecule has 0 bridgehead atoms. The van der Waals surface area contributed by atoms with Crippen molar-refractivity contribution in [1.29, 1.82) is 0 Å². The van der Waals surface area contributed by atoms with Crippen molar-refractivity contribution < 1.29 is 9.32 Å². The van der Waals surface area contributed by atoms with E-state index in [2.05, 4.69) is 31.8 Å². The van der Waals surface area contributed by atoms with Crippen molar-refractivity contribution in [3.05, 3.63) is 17.5 Å². The van der Waals surface area contributed by atoms with Crippen LogP contribution in [0.3, 0.4) is 0 Å². The lowest BCUT2D eigenvalue weighted by Crippen LogP contribution is -2.63. The van der Waals surface area contributed by atoms with Crippen LogP contribution in [-0.2, 0) is 11.3 Å². The molecule has 0 N–H and O–H groups in total. The van der Waals surface area contributed by atoms with Crippen molar-refractivity contribution >= 4 is 5.91 Å². The maximum atomic E-state index is 13.3. The first-order chi connectivity index (χ1) is 13.0. The predicted molar refractivity (Wildman–Crippen MR) is 101 cm³/mol. The first kappa shape index (κ1) is 17.6. The Hall–Kier alpha value is -1.44. The Morgan fingerprint density at radius 1 is 1.22 bits per heavy atom. The molecule has 7 heteroatoms. The van der Waals surface area contributed by atoms with Crippen LogP contribution in [0.25, 0.3) is 0 Å². The van der Waals surface area contributed by atoms with Gasteiger partial charge in [-0.2, -0.15) is 0 Å². The van der Waals surface area contributed by atoms with Crippen LogP contribution in [0.15, 0.2) is 10.6 Å². The van der Waals surface area contributed by atoms with Gasteiger partial charge in [0, 0.05) is 51.9 Å². The summed E-state index contributed by atoms with van der Waals surface area (Å²) in [6.45, 7) is 8.73. The smallest absolute Gasteiger partial charge is 0.242 e. The molecule has 0 unspecified atom stereocenters. The standard InChI is InChI=1S/C20H31N5O2/c1-15-11-17(21-27-15)13-23-7-5-20(6-8-23)24-10-9-22(2)14-18(24)19(26)25(20)12-16-3-4-16/h11,16,18H,3-10,12-14H2,1-2H3/t18-/m1/s1. The number of piperazine rings is 1. The summed E-state index contributed by atoms with van der Waals surface area (Å²) in [6, 6.07) is 2.09. The molecule has 1 spiro atoms. The molecule has 5 rings (SSSR count). The van der Waals surface area contributed by atoms with E-state index < -0.39 is 0 Å². The van der Waals surface area contributed by atoms with Gasteiger partial charge in [-0.1, -0.05) is 5.16 Å². The maximum Gasteiger partial charge on any atom is 0.242 e. The largest absolute Gasteiger partial charge is 0.361 e. The van der Waals surface area contributed by atoms with E-state index in [0.29, 0.717) is 5.91 Å². The lowest BCUT2D eigenvalue weighted by atomic mass is 9.93. The summed E-state index contributed by atoms with van der Waals surface area (Å²) in [5.41, 5.74) is 0.959. The lowest BCUT2D eigenvalue weighted by molar-refractivity contribution is -0.134. The van der Waals surface area contributed by atoms with Gasteiger partial charge in [0.15, 0.2) is 0 Å². The van der Waals surface area contributed by atoms with Crippen molar-refractivity contribution in [1.82, 2.24) is 24.8 Å². The number of fused-ring (bicyclic) bond motifs is 2. The number of nitrogens with zero attached hydrogens (tertiary/aromatic N) is 5. The molecule has 1 aliphatic carbocycles. The molecule has 27 heavy (non-hydrogen) atoms. The number of hydrogen-bond acceptors (Lipinski definition) is 6. The van der Waals surface area contributed by atoms with E-state index in [-0.39, 0.29) is 11.7 Å². The summed E-state index contributed by atoms with van der Waals surface area (Å²) >= 11 is 0. The fraction of sp³-hybridized carbons (Fsp3) is 0.800. The minimum absolute atomic E-state index is 0.0537. The zero-order valence-electron chi connectivity index (χ0n) is 16.6. The van der Waals surface area contributed by atoms with Gasteiger partial charge in [-0.15, -0.1) is 0 Å². The fourth-order valence-electron chi connectivity index (χ4n) is 5.34. The van der Waals surface area contributed by atoms with E-state index in [1.807, 2.05) is 13.0 Å². The maximum absolute atomic E-state index is 13.3. The summed E-state index contributed by atoms with van der Waals surface area (Å²) in [5, 5.41) is 4.15. The third-order valence-corrected chi connectivity index (χ3v) is 7.03. The number of aromatic nitrogens is 1. The zero-order chi connectivity index (χ0) is 18.6. The second kappa shape index (κ2) is 6.57. The van der Waals surface area contributed by atoms with Crippen LogP contribution >= 0.6 is 0 Å². The first-order valence-electron chi connectivity index (χ1n) is 10.5. The minimum atomic E-state index is -0.0537. The first-order valence-corrected chi connectivity index (χ1v) is 10.5. The summed E-state index contributed by atoms with van der Waals surface area (Å²) in [6.07, 6.45) is 4.68. The number of hydrogen-bond donors (Lipinski definition) is 0. The molecule has 4 aliphatic rings. The van der Waals surface area contributed by atoms with Crippen molar-refractivity contribution in [2.24, 2.45) is 5.92 Å². The molecule has 3 aliphatic heterocycles. The highest BCUT2D eigenvalue weighted by Gasteiger charge is 2.58. The number of likely N-dealkylation sites (N-methyl/N-ethyl adjacent to an activating group) is 1. The van der Waals surface area contributed by atoms with Gasteiger partial charge in [-0.05, 0) is 45.6 Å².